The molecule has 0 spiro atoms. The molecule has 0 saturated carbocycles. The zero-order valence-electron chi connectivity index (χ0n) is 15.8. The van der Waals surface area contributed by atoms with Gasteiger partial charge in [-0.1, -0.05) is 36.4 Å². The highest BCUT2D eigenvalue weighted by molar-refractivity contribution is 6.07. The SMILES string of the molecule is CC(=O)N1CCCN(C[C@H](O)Cn2c3ccccc3c3ccccc32)CC1. The van der Waals surface area contributed by atoms with Crippen LogP contribution in [-0.2, 0) is 11.3 Å². The Kier molecular flexibility index (Phi) is 5.14. The monoisotopic (exact) mass is 365 g/mol. The summed E-state index contributed by atoms with van der Waals surface area (Å²) in [6, 6.07) is 16.8. The van der Waals surface area contributed by atoms with E-state index in [2.05, 4.69) is 58.0 Å². The van der Waals surface area contributed by atoms with Crippen molar-refractivity contribution >= 4 is 27.7 Å². The van der Waals surface area contributed by atoms with E-state index in [0.29, 0.717) is 13.1 Å². The van der Waals surface area contributed by atoms with Gasteiger partial charge in [-0.25, -0.2) is 0 Å². The van der Waals surface area contributed by atoms with Crippen molar-refractivity contribution in [2.24, 2.45) is 0 Å². The van der Waals surface area contributed by atoms with E-state index in [0.717, 1.165) is 43.6 Å². The van der Waals surface area contributed by atoms with Crippen molar-refractivity contribution in [3.8, 4) is 0 Å². The fourth-order valence-corrected chi connectivity index (χ4v) is 4.23. The van der Waals surface area contributed by atoms with Gasteiger partial charge in [0.25, 0.3) is 0 Å². The van der Waals surface area contributed by atoms with Crippen LogP contribution >= 0.6 is 0 Å². The number of aliphatic hydroxyl groups excluding tert-OH is 1. The average molecular weight is 365 g/mol. The van der Waals surface area contributed by atoms with Crippen LogP contribution in [0.4, 0.5) is 0 Å². The van der Waals surface area contributed by atoms with Crippen molar-refractivity contribution in [1.82, 2.24) is 14.4 Å². The van der Waals surface area contributed by atoms with Crippen LogP contribution in [0.1, 0.15) is 13.3 Å². The number of hydrogen-bond acceptors (Lipinski definition) is 3. The third-order valence-electron chi connectivity index (χ3n) is 5.58. The van der Waals surface area contributed by atoms with Crippen LogP contribution in [0.5, 0.6) is 0 Å². The molecule has 5 nitrogen and oxygen atoms in total. The van der Waals surface area contributed by atoms with E-state index in [1.807, 2.05) is 4.90 Å². The number of aliphatic hydroxyl groups is 1. The number of fused-ring (bicyclic) bond motifs is 3. The van der Waals surface area contributed by atoms with Gasteiger partial charge in [0.15, 0.2) is 0 Å². The van der Waals surface area contributed by atoms with Gasteiger partial charge in [0.1, 0.15) is 0 Å². The minimum Gasteiger partial charge on any atom is -0.390 e. The lowest BCUT2D eigenvalue weighted by atomic mass is 10.2. The molecule has 3 aromatic rings. The van der Waals surface area contributed by atoms with E-state index in [1.54, 1.807) is 6.92 Å². The maximum absolute atomic E-state index is 11.6. The highest BCUT2D eigenvalue weighted by atomic mass is 16.3. The summed E-state index contributed by atoms with van der Waals surface area (Å²) in [4.78, 5) is 15.8. The first-order chi connectivity index (χ1) is 13.1. The van der Waals surface area contributed by atoms with Crippen LogP contribution in [0.2, 0.25) is 0 Å². The molecule has 4 rings (SSSR count). The zero-order valence-corrected chi connectivity index (χ0v) is 15.8. The number of rotatable bonds is 4. The quantitative estimate of drug-likeness (QED) is 0.773. The molecule has 0 aliphatic carbocycles. The minimum atomic E-state index is -0.451. The molecule has 142 valence electrons. The van der Waals surface area contributed by atoms with Crippen molar-refractivity contribution in [3.63, 3.8) is 0 Å². The molecule has 2 aromatic carbocycles. The van der Waals surface area contributed by atoms with Gasteiger partial charge in [-0.3, -0.25) is 9.69 Å². The number of para-hydroxylation sites is 2. The Bertz CT molecular complexity index is 896. The van der Waals surface area contributed by atoms with Crippen molar-refractivity contribution in [3.05, 3.63) is 48.5 Å². The van der Waals surface area contributed by atoms with E-state index >= 15 is 0 Å². The molecule has 1 atom stereocenters. The van der Waals surface area contributed by atoms with Crippen molar-refractivity contribution in [2.75, 3.05) is 32.7 Å². The van der Waals surface area contributed by atoms with Crippen LogP contribution in [0.15, 0.2) is 48.5 Å². The molecule has 1 aliphatic heterocycles. The van der Waals surface area contributed by atoms with E-state index in [1.165, 1.54) is 10.8 Å². The Labute approximate surface area is 159 Å². The number of β-amino-alcohol motifs (C(OH)–C–C–N with tert-alkyl or cyclic N) is 1. The lowest BCUT2D eigenvalue weighted by Gasteiger charge is -2.24. The van der Waals surface area contributed by atoms with Gasteiger partial charge in [0, 0.05) is 54.9 Å². The summed E-state index contributed by atoms with van der Waals surface area (Å²) < 4.78 is 2.23. The molecule has 0 unspecified atom stereocenters. The first kappa shape index (κ1) is 18.0. The molecule has 1 saturated heterocycles. The normalized spacial score (nSPS) is 17.3. The highest BCUT2D eigenvalue weighted by Crippen LogP contribution is 2.28. The second-order valence-electron chi connectivity index (χ2n) is 7.46. The molecule has 5 heteroatoms. The molecule has 0 radical (unpaired) electrons. The number of aromatic nitrogens is 1. The molecule has 1 N–H and O–H groups in total. The van der Waals surface area contributed by atoms with E-state index < -0.39 is 6.10 Å². The largest absolute Gasteiger partial charge is 0.390 e. The second kappa shape index (κ2) is 7.71. The highest BCUT2D eigenvalue weighted by Gasteiger charge is 2.20. The number of nitrogens with zero attached hydrogens (tertiary/aromatic N) is 3. The average Bonchev–Trinajstić information content (AvgIpc) is 2.81. The molecule has 1 amide bonds. The number of hydrogen-bond donors (Lipinski definition) is 1. The second-order valence-corrected chi connectivity index (χ2v) is 7.46. The van der Waals surface area contributed by atoms with Gasteiger partial charge in [-0.15, -0.1) is 0 Å². The summed E-state index contributed by atoms with van der Waals surface area (Å²) in [6.07, 6.45) is 0.509. The Morgan fingerprint density at radius 2 is 1.56 bits per heavy atom. The summed E-state index contributed by atoms with van der Waals surface area (Å²) in [5, 5.41) is 13.3. The lowest BCUT2D eigenvalue weighted by Crippen LogP contribution is -2.38. The van der Waals surface area contributed by atoms with E-state index in [4.69, 9.17) is 0 Å². The molecule has 2 heterocycles. The van der Waals surface area contributed by atoms with Crippen LogP contribution in [0.3, 0.4) is 0 Å². The predicted octanol–water partition coefficient (Wildman–Crippen LogP) is 2.71. The summed E-state index contributed by atoms with van der Waals surface area (Å²) >= 11 is 0. The molecule has 27 heavy (non-hydrogen) atoms. The van der Waals surface area contributed by atoms with Gasteiger partial charge in [0.2, 0.25) is 5.91 Å². The van der Waals surface area contributed by atoms with Crippen molar-refractivity contribution in [2.45, 2.75) is 26.0 Å². The van der Waals surface area contributed by atoms with Crippen molar-refractivity contribution < 1.29 is 9.90 Å². The fourth-order valence-electron chi connectivity index (χ4n) is 4.23. The maximum Gasteiger partial charge on any atom is 0.219 e. The Hall–Kier alpha value is -2.37. The maximum atomic E-state index is 11.6. The van der Waals surface area contributed by atoms with E-state index in [9.17, 15) is 9.90 Å². The first-order valence-corrected chi connectivity index (χ1v) is 9.75. The molecule has 1 fully saturated rings. The summed E-state index contributed by atoms with van der Waals surface area (Å²) in [6.45, 7) is 6.14. The Morgan fingerprint density at radius 3 is 2.19 bits per heavy atom. The number of amides is 1. The molecular formula is C22H27N3O2. The first-order valence-electron chi connectivity index (χ1n) is 9.75. The topological polar surface area (TPSA) is 48.7 Å². The predicted molar refractivity (Wildman–Crippen MR) is 109 cm³/mol. The summed E-state index contributed by atoms with van der Waals surface area (Å²) in [5.74, 6) is 0.141. The molecule has 0 bridgehead atoms. The molecule has 1 aliphatic rings. The van der Waals surface area contributed by atoms with Crippen molar-refractivity contribution in [1.29, 1.82) is 0 Å². The smallest absolute Gasteiger partial charge is 0.219 e. The van der Waals surface area contributed by atoms with Gasteiger partial charge in [-0.2, -0.15) is 0 Å². The Morgan fingerprint density at radius 1 is 0.926 bits per heavy atom. The van der Waals surface area contributed by atoms with Crippen LogP contribution in [0, 0.1) is 0 Å². The van der Waals surface area contributed by atoms with Gasteiger partial charge >= 0.3 is 0 Å². The number of carbonyl (C=O) groups is 1. The fraction of sp³-hybridized carbons (Fsp3) is 0.409. The lowest BCUT2D eigenvalue weighted by molar-refractivity contribution is -0.128. The van der Waals surface area contributed by atoms with Crippen LogP contribution in [0.25, 0.3) is 21.8 Å². The summed E-state index contributed by atoms with van der Waals surface area (Å²) in [5.41, 5.74) is 2.33. The Balaban J connectivity index is 1.51. The van der Waals surface area contributed by atoms with Gasteiger partial charge in [-0.05, 0) is 25.1 Å². The zero-order chi connectivity index (χ0) is 18.8. The van der Waals surface area contributed by atoms with Gasteiger partial charge in [0.05, 0.1) is 12.6 Å². The van der Waals surface area contributed by atoms with Crippen LogP contribution in [-0.4, -0.2) is 64.2 Å². The summed E-state index contributed by atoms with van der Waals surface area (Å²) in [7, 11) is 0. The number of carbonyl (C=O) groups excluding carboxylic acids is 1. The van der Waals surface area contributed by atoms with Crippen LogP contribution < -0.4 is 0 Å². The third kappa shape index (κ3) is 3.70. The standard InChI is InChI=1S/C22H27N3O2/c1-17(26)24-12-6-11-23(13-14-24)15-18(27)16-25-21-9-4-2-7-19(21)20-8-3-5-10-22(20)25/h2-5,7-10,18,27H,6,11-16H2,1H3/t18-/m0/s1. The number of benzene rings is 2. The minimum absolute atomic E-state index is 0.141. The molecule has 1 aromatic heterocycles. The van der Waals surface area contributed by atoms with E-state index in [-0.39, 0.29) is 5.91 Å². The van der Waals surface area contributed by atoms with Gasteiger partial charge < -0.3 is 14.6 Å². The molecular weight excluding hydrogens is 338 g/mol. The third-order valence-corrected chi connectivity index (χ3v) is 5.58.